The Balaban J connectivity index is 2.90. The Labute approximate surface area is 103 Å². The van der Waals surface area contributed by atoms with Crippen LogP contribution in [0.4, 0.5) is 5.69 Å². The molecule has 0 saturated heterocycles. The van der Waals surface area contributed by atoms with Gasteiger partial charge in [-0.1, -0.05) is 17.7 Å². The first-order valence-electron chi connectivity index (χ1n) is 5.62. The third kappa shape index (κ3) is 3.39. The van der Waals surface area contributed by atoms with Crippen molar-refractivity contribution in [2.24, 2.45) is 0 Å². The number of methoxy groups -OCH3 is 1. The Morgan fingerprint density at radius 3 is 2.69 bits per heavy atom. The van der Waals surface area contributed by atoms with Crippen molar-refractivity contribution in [1.82, 2.24) is 0 Å². The Hall–Kier alpha value is -0.730. The molecule has 0 radical (unpaired) electrons. The number of hydrogen-bond acceptors (Lipinski definition) is 2. The summed E-state index contributed by atoms with van der Waals surface area (Å²) in [5.41, 5.74) is 3.67. The monoisotopic (exact) mass is 241 g/mol. The molecule has 1 rings (SSSR count). The molecule has 1 aromatic rings. The first-order valence-corrected chi connectivity index (χ1v) is 6.15. The first-order chi connectivity index (χ1) is 7.72. The molecule has 0 unspecified atom stereocenters. The van der Waals surface area contributed by atoms with Crippen LogP contribution in [0, 0.1) is 6.92 Å². The average Bonchev–Trinajstić information content (AvgIpc) is 2.31. The number of likely N-dealkylation sites (N-methyl/N-ethyl adjacent to an activating group) is 1. The highest BCUT2D eigenvalue weighted by molar-refractivity contribution is 6.17. The molecule has 0 aromatic heterocycles. The molecule has 0 aliphatic heterocycles. The summed E-state index contributed by atoms with van der Waals surface area (Å²) in [6, 6.07) is 6.42. The van der Waals surface area contributed by atoms with Crippen LogP contribution >= 0.6 is 11.6 Å². The van der Waals surface area contributed by atoms with Crippen molar-refractivity contribution in [3.63, 3.8) is 0 Å². The topological polar surface area (TPSA) is 12.5 Å². The second-order valence-electron chi connectivity index (χ2n) is 3.84. The van der Waals surface area contributed by atoms with E-state index in [1.165, 1.54) is 16.8 Å². The number of aryl methyl sites for hydroxylation is 1. The fraction of sp³-hybridized carbons (Fsp3) is 0.538. The lowest BCUT2D eigenvalue weighted by Gasteiger charge is -2.25. The minimum atomic E-state index is 0.556. The van der Waals surface area contributed by atoms with E-state index in [-0.39, 0.29) is 0 Å². The third-order valence-corrected chi connectivity index (χ3v) is 2.95. The van der Waals surface area contributed by atoms with E-state index in [0.29, 0.717) is 5.88 Å². The molecule has 0 bridgehead atoms. The van der Waals surface area contributed by atoms with Crippen LogP contribution in [0.2, 0.25) is 0 Å². The van der Waals surface area contributed by atoms with E-state index in [1.54, 1.807) is 7.11 Å². The molecule has 90 valence electrons. The summed E-state index contributed by atoms with van der Waals surface area (Å²) < 4.78 is 5.12. The summed E-state index contributed by atoms with van der Waals surface area (Å²) in [7, 11) is 1.73. The van der Waals surface area contributed by atoms with Gasteiger partial charge in [-0.2, -0.15) is 0 Å². The largest absolute Gasteiger partial charge is 0.383 e. The van der Waals surface area contributed by atoms with E-state index in [9.17, 15) is 0 Å². The summed E-state index contributed by atoms with van der Waals surface area (Å²) in [6.07, 6.45) is 0. The van der Waals surface area contributed by atoms with Crippen molar-refractivity contribution in [3.05, 3.63) is 29.3 Å². The molecule has 0 amide bonds. The van der Waals surface area contributed by atoms with Gasteiger partial charge in [0.1, 0.15) is 0 Å². The molecule has 0 aliphatic carbocycles. The van der Waals surface area contributed by atoms with Crippen LogP contribution in [0.25, 0.3) is 0 Å². The van der Waals surface area contributed by atoms with Gasteiger partial charge in [-0.25, -0.2) is 0 Å². The highest BCUT2D eigenvalue weighted by atomic mass is 35.5. The van der Waals surface area contributed by atoms with Gasteiger partial charge < -0.3 is 9.64 Å². The predicted molar refractivity (Wildman–Crippen MR) is 70.5 cm³/mol. The van der Waals surface area contributed by atoms with E-state index >= 15 is 0 Å². The lowest BCUT2D eigenvalue weighted by atomic mass is 10.1. The normalized spacial score (nSPS) is 10.5. The highest BCUT2D eigenvalue weighted by Gasteiger charge is 2.08. The standard InChI is InChI=1S/C13H20ClNO/c1-4-15(7-8-16-3)13-6-5-11(2)9-12(13)10-14/h5-6,9H,4,7-8,10H2,1-3H3. The second-order valence-corrected chi connectivity index (χ2v) is 4.11. The molecule has 0 N–H and O–H groups in total. The van der Waals surface area contributed by atoms with Gasteiger partial charge in [0.15, 0.2) is 0 Å². The molecule has 3 heteroatoms. The number of ether oxygens (including phenoxy) is 1. The zero-order valence-electron chi connectivity index (χ0n) is 10.3. The lowest BCUT2D eigenvalue weighted by Crippen LogP contribution is -2.27. The zero-order valence-corrected chi connectivity index (χ0v) is 11.0. The summed E-state index contributed by atoms with van der Waals surface area (Å²) in [6.45, 7) is 6.85. The molecule has 2 nitrogen and oxygen atoms in total. The van der Waals surface area contributed by atoms with Gasteiger partial charge in [0, 0.05) is 31.8 Å². The Morgan fingerprint density at radius 2 is 2.12 bits per heavy atom. The fourth-order valence-corrected chi connectivity index (χ4v) is 1.99. The Bertz CT molecular complexity index is 328. The molecule has 16 heavy (non-hydrogen) atoms. The number of alkyl halides is 1. The maximum atomic E-state index is 5.98. The number of rotatable bonds is 6. The van der Waals surface area contributed by atoms with E-state index in [4.69, 9.17) is 16.3 Å². The average molecular weight is 242 g/mol. The Kier molecular flexibility index (Phi) is 5.64. The number of benzene rings is 1. The lowest BCUT2D eigenvalue weighted by molar-refractivity contribution is 0.205. The van der Waals surface area contributed by atoms with Crippen molar-refractivity contribution in [1.29, 1.82) is 0 Å². The van der Waals surface area contributed by atoms with Crippen LogP contribution in [-0.4, -0.2) is 26.8 Å². The minimum absolute atomic E-state index is 0.556. The second kappa shape index (κ2) is 6.77. The molecule has 0 aliphatic rings. The molecule has 1 aromatic carbocycles. The van der Waals surface area contributed by atoms with Gasteiger partial charge in [-0.3, -0.25) is 0 Å². The van der Waals surface area contributed by atoms with Crippen LogP contribution in [0.1, 0.15) is 18.1 Å². The van der Waals surface area contributed by atoms with Gasteiger partial charge in [0.25, 0.3) is 0 Å². The van der Waals surface area contributed by atoms with Gasteiger partial charge >= 0.3 is 0 Å². The molecular formula is C13H20ClNO. The van der Waals surface area contributed by atoms with Crippen LogP contribution in [0.3, 0.4) is 0 Å². The first kappa shape index (κ1) is 13.3. The fourth-order valence-electron chi connectivity index (χ4n) is 1.78. The summed E-state index contributed by atoms with van der Waals surface area (Å²) in [5.74, 6) is 0.556. The van der Waals surface area contributed by atoms with Gasteiger partial charge in [0.2, 0.25) is 0 Å². The van der Waals surface area contributed by atoms with Crippen molar-refractivity contribution in [2.75, 3.05) is 31.7 Å². The quantitative estimate of drug-likeness (QED) is 0.710. The SMILES string of the molecule is CCN(CCOC)c1ccc(C)cc1CCl. The number of halogens is 1. The van der Waals surface area contributed by atoms with Gasteiger partial charge in [-0.15, -0.1) is 11.6 Å². The van der Waals surface area contributed by atoms with E-state index in [0.717, 1.165) is 19.7 Å². The minimum Gasteiger partial charge on any atom is -0.383 e. The third-order valence-electron chi connectivity index (χ3n) is 2.67. The highest BCUT2D eigenvalue weighted by Crippen LogP contribution is 2.23. The van der Waals surface area contributed by atoms with Crippen LogP contribution in [0.5, 0.6) is 0 Å². The van der Waals surface area contributed by atoms with Crippen molar-refractivity contribution in [2.45, 2.75) is 19.7 Å². The number of anilines is 1. The van der Waals surface area contributed by atoms with Crippen LogP contribution in [-0.2, 0) is 10.6 Å². The van der Waals surface area contributed by atoms with Crippen molar-refractivity contribution in [3.8, 4) is 0 Å². The smallest absolute Gasteiger partial charge is 0.0637 e. The summed E-state index contributed by atoms with van der Waals surface area (Å²) >= 11 is 5.98. The number of nitrogens with zero attached hydrogens (tertiary/aromatic N) is 1. The van der Waals surface area contributed by atoms with Gasteiger partial charge in [0.05, 0.1) is 6.61 Å². The summed E-state index contributed by atoms with van der Waals surface area (Å²) in [5, 5.41) is 0. The molecule has 0 fully saturated rings. The van der Waals surface area contributed by atoms with Crippen LogP contribution in [0.15, 0.2) is 18.2 Å². The van der Waals surface area contributed by atoms with E-state index in [2.05, 4.69) is 36.9 Å². The molecule has 0 saturated carbocycles. The summed E-state index contributed by atoms with van der Waals surface area (Å²) in [4.78, 5) is 2.29. The van der Waals surface area contributed by atoms with E-state index in [1.807, 2.05) is 0 Å². The maximum absolute atomic E-state index is 5.98. The van der Waals surface area contributed by atoms with Crippen molar-refractivity contribution < 1.29 is 4.74 Å². The molecule has 0 atom stereocenters. The molecular weight excluding hydrogens is 222 g/mol. The number of hydrogen-bond donors (Lipinski definition) is 0. The maximum Gasteiger partial charge on any atom is 0.0637 e. The molecule has 0 spiro atoms. The zero-order chi connectivity index (χ0) is 12.0. The Morgan fingerprint density at radius 1 is 1.38 bits per heavy atom. The predicted octanol–water partition coefficient (Wildman–Crippen LogP) is 3.21. The van der Waals surface area contributed by atoms with Crippen molar-refractivity contribution >= 4 is 17.3 Å². The van der Waals surface area contributed by atoms with E-state index < -0.39 is 0 Å². The van der Waals surface area contributed by atoms with Gasteiger partial charge in [-0.05, 0) is 25.5 Å². The molecule has 0 heterocycles. The van der Waals surface area contributed by atoms with Crippen LogP contribution < -0.4 is 4.90 Å².